The number of anilines is 3. The minimum absolute atomic E-state index is 0.0131. The van der Waals surface area contributed by atoms with Gasteiger partial charge in [-0.05, 0) is 48.2 Å². The van der Waals surface area contributed by atoms with Crippen LogP contribution in [0.25, 0.3) is 0 Å². The summed E-state index contributed by atoms with van der Waals surface area (Å²) < 4.78 is 14.9. The van der Waals surface area contributed by atoms with Gasteiger partial charge in [0.2, 0.25) is 11.8 Å². The molecular weight excluding hydrogens is 602 g/mol. The van der Waals surface area contributed by atoms with Gasteiger partial charge in [-0.1, -0.05) is 66.7 Å². The molecule has 4 aromatic rings. The minimum atomic E-state index is -0.627. The van der Waals surface area contributed by atoms with Gasteiger partial charge < -0.3 is 35.5 Å². The van der Waals surface area contributed by atoms with Crippen molar-refractivity contribution in [3.63, 3.8) is 0 Å². The Labute approximate surface area is 273 Å². The zero-order chi connectivity index (χ0) is 32.3. The summed E-state index contributed by atoms with van der Waals surface area (Å²) in [5, 5.41) is 16.2. The van der Waals surface area contributed by atoms with Crippen LogP contribution in [0.15, 0.2) is 90.3 Å². The smallest absolute Gasteiger partial charge is 0.224 e. The van der Waals surface area contributed by atoms with E-state index in [-0.39, 0.29) is 30.6 Å². The molecule has 0 spiro atoms. The number of aromatic nitrogens is 2. The fourth-order valence-electron chi connectivity index (χ4n) is 5.24. The molecule has 0 radical (unpaired) electrons. The molecule has 2 heterocycles. The molecule has 1 aliphatic rings. The molecule has 0 aliphatic carbocycles. The number of aryl methyl sites for hydroxylation is 1. The van der Waals surface area contributed by atoms with Crippen LogP contribution in [0.1, 0.15) is 67.6 Å². The second kappa shape index (κ2) is 16.4. The van der Waals surface area contributed by atoms with Crippen LogP contribution in [0.3, 0.4) is 0 Å². The first-order chi connectivity index (χ1) is 22.4. The summed E-state index contributed by atoms with van der Waals surface area (Å²) in [6.07, 6.45) is 6.27. The number of aliphatic hydroxyl groups excluding tert-OH is 1. The van der Waals surface area contributed by atoms with Crippen LogP contribution in [0, 0.1) is 0 Å². The van der Waals surface area contributed by atoms with Gasteiger partial charge in [-0.2, -0.15) is 0 Å². The maximum atomic E-state index is 12.7. The van der Waals surface area contributed by atoms with E-state index in [1.807, 2.05) is 78.5 Å². The quantitative estimate of drug-likeness (QED) is 0.0707. The van der Waals surface area contributed by atoms with Gasteiger partial charge in [-0.25, -0.2) is 4.98 Å². The highest BCUT2D eigenvalue weighted by atomic mass is 32.2. The van der Waals surface area contributed by atoms with Crippen molar-refractivity contribution in [3.8, 4) is 0 Å². The van der Waals surface area contributed by atoms with Gasteiger partial charge >= 0.3 is 0 Å². The summed E-state index contributed by atoms with van der Waals surface area (Å²) >= 11 is 1.64. The minimum Gasteiger partial charge on any atom is -0.397 e. The topological polar surface area (TPSA) is 141 Å². The molecule has 1 aromatic heterocycles. The Hall–Kier alpha value is -4.16. The molecule has 2 amide bonds. The third-order valence-electron chi connectivity index (χ3n) is 7.78. The molecule has 10 nitrogen and oxygen atoms in total. The number of nitrogens with two attached hydrogens (primary N) is 1. The predicted octanol–water partition coefficient (Wildman–Crippen LogP) is 6.36. The predicted molar refractivity (Wildman–Crippen MR) is 180 cm³/mol. The van der Waals surface area contributed by atoms with Crippen LogP contribution in [-0.2, 0) is 32.7 Å². The third kappa shape index (κ3) is 9.43. The number of ether oxygens (including phenoxy) is 2. The molecule has 3 aromatic carbocycles. The van der Waals surface area contributed by atoms with Crippen LogP contribution in [0.5, 0.6) is 0 Å². The Kier molecular flexibility index (Phi) is 11.9. The van der Waals surface area contributed by atoms with Gasteiger partial charge in [-0.15, -0.1) is 0 Å². The molecule has 242 valence electrons. The standard InChI is InChI=1S/C35H41N5O5S/c1-40-19-18-37-35(40)46-23-28-21-31(25-16-14-24(22-41)15-17-25)45-34(44-28)26-8-7-9-27(20-26)38-32(42)12-3-2-4-13-33(43)39-30-11-6-5-10-29(30)36/h5-11,14-20,28,31,34,41H,2-4,12-13,21-23,36H2,1H3,(H,38,42)(H,39,43)/t28-,31+,34+/m0/s1. The number of nitrogens with zero attached hydrogens (tertiary/aromatic N) is 2. The van der Waals surface area contributed by atoms with Gasteiger partial charge in [0.25, 0.3) is 0 Å². The number of carbonyl (C=O) groups excluding carboxylic acids is 2. The van der Waals surface area contributed by atoms with Gasteiger partial charge in [0.1, 0.15) is 0 Å². The molecule has 0 saturated carbocycles. The van der Waals surface area contributed by atoms with Crippen molar-refractivity contribution in [1.82, 2.24) is 9.55 Å². The lowest BCUT2D eigenvalue weighted by Crippen LogP contribution is -2.31. The van der Waals surface area contributed by atoms with Crippen LogP contribution >= 0.6 is 11.8 Å². The van der Waals surface area contributed by atoms with Gasteiger partial charge in [-0.3, -0.25) is 9.59 Å². The van der Waals surface area contributed by atoms with E-state index >= 15 is 0 Å². The highest BCUT2D eigenvalue weighted by Gasteiger charge is 2.32. The van der Waals surface area contributed by atoms with Crippen LogP contribution in [-0.4, -0.2) is 38.3 Å². The van der Waals surface area contributed by atoms with Crippen molar-refractivity contribution < 1.29 is 24.2 Å². The maximum Gasteiger partial charge on any atom is 0.224 e. The molecule has 11 heteroatoms. The Morgan fingerprint density at radius 1 is 0.957 bits per heavy atom. The van der Waals surface area contributed by atoms with E-state index in [0.29, 0.717) is 54.9 Å². The van der Waals surface area contributed by atoms with Gasteiger partial charge in [0, 0.05) is 55.7 Å². The van der Waals surface area contributed by atoms with E-state index in [1.165, 1.54) is 0 Å². The van der Waals surface area contributed by atoms with Crippen molar-refractivity contribution in [3.05, 3.63) is 102 Å². The van der Waals surface area contributed by atoms with E-state index in [0.717, 1.165) is 28.3 Å². The van der Waals surface area contributed by atoms with Crippen molar-refractivity contribution in [2.75, 3.05) is 22.1 Å². The summed E-state index contributed by atoms with van der Waals surface area (Å²) in [6.45, 7) is -0.0131. The largest absolute Gasteiger partial charge is 0.397 e. The van der Waals surface area contributed by atoms with Crippen LogP contribution in [0.4, 0.5) is 17.1 Å². The Morgan fingerprint density at radius 2 is 1.72 bits per heavy atom. The zero-order valence-electron chi connectivity index (χ0n) is 25.9. The first-order valence-electron chi connectivity index (χ1n) is 15.5. The Morgan fingerprint density at radius 3 is 2.43 bits per heavy atom. The number of imidazole rings is 1. The number of aliphatic hydroxyl groups is 1. The van der Waals surface area contributed by atoms with Gasteiger partial charge in [0.05, 0.1) is 30.2 Å². The Bertz CT molecular complexity index is 1590. The number of carbonyl (C=O) groups is 2. The molecule has 0 bridgehead atoms. The highest BCUT2D eigenvalue weighted by Crippen LogP contribution is 2.39. The lowest BCUT2D eigenvalue weighted by molar-refractivity contribution is -0.245. The number of thioether (sulfide) groups is 1. The van der Waals surface area contributed by atoms with Crippen LogP contribution < -0.4 is 16.4 Å². The lowest BCUT2D eigenvalue weighted by Gasteiger charge is -2.36. The number of hydrogen-bond donors (Lipinski definition) is 4. The zero-order valence-corrected chi connectivity index (χ0v) is 26.7. The fraction of sp³-hybridized carbons (Fsp3) is 0.343. The molecular formula is C35H41N5O5S. The van der Waals surface area contributed by atoms with Crippen molar-refractivity contribution in [2.24, 2.45) is 7.05 Å². The van der Waals surface area contributed by atoms with E-state index < -0.39 is 6.29 Å². The number of para-hydroxylation sites is 2. The summed E-state index contributed by atoms with van der Waals surface area (Å²) in [4.78, 5) is 29.4. The number of benzene rings is 3. The summed E-state index contributed by atoms with van der Waals surface area (Å²) in [5.74, 6) is 0.525. The SMILES string of the molecule is Cn1ccnc1SC[C@@H]1C[C@H](c2ccc(CO)cc2)O[C@H](c2cccc(NC(=O)CCCCCC(=O)Nc3ccccc3N)c2)O1. The number of unbranched alkanes of at least 4 members (excludes halogenated alkanes) is 2. The maximum absolute atomic E-state index is 12.7. The second-order valence-corrected chi connectivity index (χ2v) is 12.3. The number of hydrogen-bond acceptors (Lipinski definition) is 8. The number of nitrogens with one attached hydrogen (secondary N) is 2. The summed E-state index contributed by atoms with van der Waals surface area (Å²) in [6, 6.07) is 22.5. The van der Waals surface area contributed by atoms with E-state index in [2.05, 4.69) is 15.6 Å². The molecule has 0 unspecified atom stereocenters. The number of nitrogen functional groups attached to an aromatic ring is 1. The monoisotopic (exact) mass is 643 g/mol. The first kappa shape index (κ1) is 33.2. The molecule has 5 N–H and O–H groups in total. The van der Waals surface area contributed by atoms with E-state index in [1.54, 1.807) is 30.1 Å². The van der Waals surface area contributed by atoms with Crippen LogP contribution in [0.2, 0.25) is 0 Å². The molecule has 1 fully saturated rings. The second-order valence-electron chi connectivity index (χ2n) is 11.4. The van der Waals surface area contributed by atoms with Crippen molar-refractivity contribution in [1.29, 1.82) is 0 Å². The molecule has 5 rings (SSSR count). The summed E-state index contributed by atoms with van der Waals surface area (Å²) in [7, 11) is 1.97. The molecule has 46 heavy (non-hydrogen) atoms. The average molecular weight is 644 g/mol. The Balaban J connectivity index is 1.14. The van der Waals surface area contributed by atoms with Crippen molar-refractivity contribution in [2.45, 2.75) is 68.8 Å². The highest BCUT2D eigenvalue weighted by molar-refractivity contribution is 7.99. The molecule has 3 atom stereocenters. The molecule has 1 saturated heterocycles. The first-order valence-corrected chi connectivity index (χ1v) is 16.5. The molecule has 1 aliphatic heterocycles. The van der Waals surface area contributed by atoms with Gasteiger partial charge in [0.15, 0.2) is 11.4 Å². The number of rotatable bonds is 14. The number of amides is 2. The fourth-order valence-corrected chi connectivity index (χ4v) is 6.19. The lowest BCUT2D eigenvalue weighted by atomic mass is 10.0. The van der Waals surface area contributed by atoms with E-state index in [9.17, 15) is 14.7 Å². The summed E-state index contributed by atoms with van der Waals surface area (Å²) in [5.41, 5.74) is 10.4. The van der Waals surface area contributed by atoms with Crippen molar-refractivity contribution >= 4 is 40.6 Å². The van der Waals surface area contributed by atoms with E-state index in [4.69, 9.17) is 15.2 Å². The third-order valence-corrected chi connectivity index (χ3v) is 8.97. The normalized spacial score (nSPS) is 17.8. The average Bonchev–Trinajstić information content (AvgIpc) is 3.49.